The average Bonchev–Trinajstić information content (AvgIpc) is 1.47. The van der Waals surface area contributed by atoms with Crippen molar-refractivity contribution >= 4 is 51.4 Å². The number of hydrogen-bond donors (Lipinski definition) is 0. The van der Waals surface area contributed by atoms with Gasteiger partial charge in [0.1, 0.15) is 5.82 Å². The maximum Gasteiger partial charge on any atom is 0.321 e. The van der Waals surface area contributed by atoms with Gasteiger partial charge in [0.15, 0.2) is 12.2 Å². The van der Waals surface area contributed by atoms with E-state index in [0.717, 1.165) is 21.9 Å². The number of ether oxygens (including phenoxy) is 1. The van der Waals surface area contributed by atoms with Crippen LogP contribution in [0.15, 0.2) is 199 Å². The molecule has 0 radical (unpaired) electrons. The molecule has 0 fully saturated rings. The molecular formula is C61H47BN6OPt-2. The number of fused-ring (bicyclic) bond motifs is 5. The molecule has 7 aromatic carbocycles. The fourth-order valence-corrected chi connectivity index (χ4v) is 9.12. The Kier molecular flexibility index (Phi) is 7.67. The summed E-state index contributed by atoms with van der Waals surface area (Å²) >= 11 is 0. The molecule has 0 bridgehead atoms. The Labute approximate surface area is 446 Å². The number of para-hydroxylation sites is 2. The SMILES string of the molecule is [2H]c1c([2H])c([2H])c(-c2cccc(-c3c([2H])c([2H])c([2H])c([2H])c3[2H])c2-[n+]2[c-]n(-c3[c-]c(Oc4[c-]c5c(cc4)c4ccccc4n5-c4cc(C(C)(C)C)ccn4)ccc3)c3c2N=C2C=CC=CN2B3c2c(C([2H])([2H])[2H])cccc2C([2H])([2H])[2H])c([2H])c1[2H].[Pt]. The van der Waals surface area contributed by atoms with Gasteiger partial charge in [-0.1, -0.05) is 170 Å². The minimum absolute atomic E-state index is 0. The van der Waals surface area contributed by atoms with Gasteiger partial charge in [-0.25, -0.2) is 4.98 Å². The maximum atomic E-state index is 9.28. The van der Waals surface area contributed by atoms with Gasteiger partial charge in [0.25, 0.3) is 0 Å². The molecule has 5 heterocycles. The molecule has 3 aromatic heterocycles. The summed E-state index contributed by atoms with van der Waals surface area (Å²) in [4.78, 5) is 11.6. The molecule has 70 heavy (non-hydrogen) atoms. The molecule has 7 nitrogen and oxygen atoms in total. The largest absolute Gasteiger partial charge is 0.510 e. The van der Waals surface area contributed by atoms with E-state index in [9.17, 15) is 5.48 Å². The number of aromatic nitrogens is 4. The van der Waals surface area contributed by atoms with Crippen LogP contribution >= 0.6 is 0 Å². The third-order valence-electron chi connectivity index (χ3n) is 12.3. The number of hydrogen-bond acceptors (Lipinski definition) is 4. The Hall–Kier alpha value is -7.80. The Bertz CT molecular complexity index is 4400. The van der Waals surface area contributed by atoms with Crippen LogP contribution in [-0.2, 0) is 26.5 Å². The van der Waals surface area contributed by atoms with Gasteiger partial charge in [-0.05, 0) is 88.9 Å². The molecule has 2 aliphatic rings. The van der Waals surface area contributed by atoms with E-state index in [0.29, 0.717) is 11.3 Å². The van der Waals surface area contributed by atoms with Crippen molar-refractivity contribution < 1.29 is 52.3 Å². The zero-order valence-electron chi connectivity index (χ0n) is 53.7. The van der Waals surface area contributed by atoms with Gasteiger partial charge in [-0.15, -0.1) is 34.6 Å². The first-order valence-electron chi connectivity index (χ1n) is 30.1. The first kappa shape index (κ1) is 29.9. The third kappa shape index (κ3) is 7.73. The number of amidine groups is 1. The second-order valence-corrected chi connectivity index (χ2v) is 17.5. The zero-order chi connectivity index (χ0) is 60.5. The van der Waals surface area contributed by atoms with Crippen molar-refractivity contribution in [2.24, 2.45) is 4.99 Å². The van der Waals surface area contributed by atoms with Crippen molar-refractivity contribution in [3.8, 4) is 50.9 Å². The van der Waals surface area contributed by atoms with E-state index in [1.54, 1.807) is 59.7 Å². The number of nitrogens with zero attached hydrogens (tertiary/aromatic N) is 6. The number of imidazole rings is 1. The van der Waals surface area contributed by atoms with E-state index >= 15 is 0 Å². The number of rotatable bonds is 8. The number of aryl methyl sites for hydroxylation is 2. The Morgan fingerprint density at radius 3 is 2.16 bits per heavy atom. The molecule has 342 valence electrons. The van der Waals surface area contributed by atoms with E-state index in [4.69, 9.17) is 31.2 Å². The van der Waals surface area contributed by atoms with E-state index in [1.807, 2.05) is 41.0 Å². The molecule has 0 unspecified atom stereocenters. The summed E-state index contributed by atoms with van der Waals surface area (Å²) in [6.45, 7) is -0.826. The molecule has 10 aromatic rings. The van der Waals surface area contributed by atoms with E-state index < -0.39 is 81.0 Å². The first-order valence-corrected chi connectivity index (χ1v) is 22.1. The molecule has 0 aliphatic carbocycles. The van der Waals surface area contributed by atoms with Crippen LogP contribution < -0.4 is 20.4 Å². The molecule has 0 atom stereocenters. The molecule has 2 aliphatic heterocycles. The molecule has 9 heteroatoms. The second kappa shape index (κ2) is 17.9. The summed E-state index contributed by atoms with van der Waals surface area (Å²) in [7, 11) is 0. The minimum atomic E-state index is -2.91. The second-order valence-electron chi connectivity index (χ2n) is 17.5. The van der Waals surface area contributed by atoms with Gasteiger partial charge in [0.2, 0.25) is 5.82 Å². The van der Waals surface area contributed by atoms with Crippen LogP contribution in [0.4, 0.5) is 5.82 Å². The van der Waals surface area contributed by atoms with Gasteiger partial charge in [-0.2, -0.15) is 18.2 Å². The average molecular weight is 1100 g/mol. The van der Waals surface area contributed by atoms with Crippen LogP contribution in [0, 0.1) is 32.2 Å². The van der Waals surface area contributed by atoms with Gasteiger partial charge in [0.05, 0.1) is 25.0 Å². The van der Waals surface area contributed by atoms with Crippen molar-refractivity contribution in [3.05, 3.63) is 229 Å². The fraction of sp³-hybridized carbons (Fsp3) is 0.0984. The normalized spacial score (nSPS) is 16.6. The third-order valence-corrected chi connectivity index (χ3v) is 12.3. The van der Waals surface area contributed by atoms with Gasteiger partial charge in [-0.3, -0.25) is 4.57 Å². The van der Waals surface area contributed by atoms with E-state index in [-0.39, 0.29) is 105 Å². The summed E-state index contributed by atoms with van der Waals surface area (Å²) < 4.78 is 154. The molecular weight excluding hydrogens is 1040 g/mol. The zero-order valence-corrected chi connectivity index (χ0v) is 40.0. The summed E-state index contributed by atoms with van der Waals surface area (Å²) in [5.74, 6) is 1.20. The summed E-state index contributed by atoms with van der Waals surface area (Å²) in [6, 6.07) is 29.3. The number of allylic oxidation sites excluding steroid dienone is 2. The minimum Gasteiger partial charge on any atom is -0.510 e. The van der Waals surface area contributed by atoms with Crippen LogP contribution in [0.25, 0.3) is 61.3 Å². The molecule has 12 rings (SSSR count). The van der Waals surface area contributed by atoms with Gasteiger partial charge < -0.3 is 18.7 Å². The Balaban J connectivity index is 0.00000768. The van der Waals surface area contributed by atoms with Crippen molar-refractivity contribution in [3.63, 3.8) is 0 Å². The van der Waals surface area contributed by atoms with Crippen LogP contribution in [0.5, 0.6) is 11.5 Å². The van der Waals surface area contributed by atoms with E-state index in [1.165, 1.54) is 45.5 Å². The summed E-state index contributed by atoms with van der Waals surface area (Å²) in [5.41, 5.74) is 1.000. The monoisotopic (exact) mass is 1100 g/mol. The predicted octanol–water partition coefficient (Wildman–Crippen LogP) is 12.2. The predicted molar refractivity (Wildman–Crippen MR) is 280 cm³/mol. The quantitative estimate of drug-likeness (QED) is 0.0865. The maximum absolute atomic E-state index is 9.28. The number of pyridine rings is 1. The number of benzene rings is 7. The van der Waals surface area contributed by atoms with Crippen LogP contribution in [0.2, 0.25) is 0 Å². The van der Waals surface area contributed by atoms with Crippen LogP contribution in [-0.4, -0.2) is 31.6 Å². The first-order chi connectivity index (χ1) is 40.3. The van der Waals surface area contributed by atoms with Crippen molar-refractivity contribution in [1.82, 2.24) is 18.9 Å². The summed E-state index contributed by atoms with van der Waals surface area (Å²) in [5, 5.41) is 1.84. The van der Waals surface area contributed by atoms with Gasteiger partial charge in [0, 0.05) is 52.5 Å². The molecule has 0 saturated heterocycles. The van der Waals surface area contributed by atoms with Crippen molar-refractivity contribution in [1.29, 1.82) is 0 Å². The van der Waals surface area contributed by atoms with Crippen LogP contribution in [0.3, 0.4) is 0 Å². The molecule has 0 N–H and O–H groups in total. The Morgan fingerprint density at radius 2 is 1.43 bits per heavy atom. The van der Waals surface area contributed by atoms with Crippen molar-refractivity contribution in [2.45, 2.75) is 39.9 Å². The van der Waals surface area contributed by atoms with Crippen LogP contribution in [0.1, 0.15) is 59.4 Å². The fourth-order valence-electron chi connectivity index (χ4n) is 9.12. The Morgan fingerprint density at radius 1 is 0.729 bits per heavy atom. The molecule has 0 saturated carbocycles. The standard InChI is InChI=1S/C61H47BN6O.Pt/c1-41-19-16-20-42(2)57(41)62-59-60(64-55-31-14-15-36-67(55)62)66(58-49(43-21-8-6-9-22-43)28-18-29-50(58)44-23-10-7-11-24-44)40-65(59)46-25-17-26-47(38-46)69-48-32-33-52-51-27-12-13-30-53(51)68(54(52)39-48)56-37-45(34-35-63-56)61(3,4)5;/h6-37H,1-5H3;/q-2;/i1D3,2D3,6D,7D,8D,9D,10D,11D,21D,22D,23D,24D;. The summed E-state index contributed by atoms with van der Waals surface area (Å²) in [6.07, 6.45) is 11.7. The topological polar surface area (TPSA) is 51.5 Å². The molecule has 0 spiro atoms. The smallest absolute Gasteiger partial charge is 0.321 e. The van der Waals surface area contributed by atoms with Crippen molar-refractivity contribution in [2.75, 3.05) is 0 Å². The van der Waals surface area contributed by atoms with E-state index in [2.05, 4.69) is 45.3 Å². The molecule has 0 amide bonds. The number of aliphatic imine (C=N–C) groups is 1. The van der Waals surface area contributed by atoms with Gasteiger partial charge >= 0.3 is 6.85 Å².